The summed E-state index contributed by atoms with van der Waals surface area (Å²) < 4.78 is 23.4. The lowest BCUT2D eigenvalue weighted by atomic mass is 10.2. The Morgan fingerprint density at radius 2 is 1.84 bits per heavy atom. The average Bonchev–Trinajstić information content (AvgIpc) is 2.41. The second kappa shape index (κ2) is 8.24. The monoisotopic (exact) mass is 333 g/mol. The molecule has 0 aromatic heterocycles. The van der Waals surface area contributed by atoms with Gasteiger partial charge in [0.2, 0.25) is 0 Å². The molecule has 0 radical (unpaired) electrons. The van der Waals surface area contributed by atoms with Crippen molar-refractivity contribution in [2.75, 3.05) is 40.5 Å². The van der Waals surface area contributed by atoms with Gasteiger partial charge in [-0.2, -0.15) is 0 Å². The van der Waals surface area contributed by atoms with Gasteiger partial charge in [0, 0.05) is 32.9 Å². The molecule has 0 bridgehead atoms. The van der Waals surface area contributed by atoms with E-state index in [1.165, 1.54) is 18.2 Å². The Morgan fingerprint density at radius 3 is 2.32 bits per heavy atom. The number of rotatable bonds is 7. The fourth-order valence-corrected chi connectivity index (χ4v) is 1.91. The highest BCUT2D eigenvalue weighted by Crippen LogP contribution is 2.18. The van der Waals surface area contributed by atoms with E-state index in [0.717, 1.165) is 0 Å². The molecule has 0 aliphatic rings. The van der Waals surface area contributed by atoms with Crippen LogP contribution in [0.15, 0.2) is 22.7 Å². The summed E-state index contributed by atoms with van der Waals surface area (Å²) in [5, 5.41) is 0. The van der Waals surface area contributed by atoms with E-state index >= 15 is 0 Å². The minimum atomic E-state index is -0.392. The van der Waals surface area contributed by atoms with Gasteiger partial charge in [0.05, 0.1) is 17.7 Å². The third kappa shape index (κ3) is 4.89. The SMILES string of the molecule is COCCN(CCOC)C(=O)c1ccc(F)c(Br)c1. The number of hydrogen-bond donors (Lipinski definition) is 0. The van der Waals surface area contributed by atoms with E-state index in [9.17, 15) is 9.18 Å². The summed E-state index contributed by atoms with van der Waals surface area (Å²) in [4.78, 5) is 13.9. The molecule has 0 saturated carbocycles. The van der Waals surface area contributed by atoms with Crippen molar-refractivity contribution in [1.29, 1.82) is 0 Å². The van der Waals surface area contributed by atoms with Crippen LogP contribution in [0.4, 0.5) is 4.39 Å². The van der Waals surface area contributed by atoms with E-state index < -0.39 is 5.82 Å². The van der Waals surface area contributed by atoms with Gasteiger partial charge in [-0.3, -0.25) is 4.79 Å². The quantitative estimate of drug-likeness (QED) is 0.768. The summed E-state index contributed by atoms with van der Waals surface area (Å²) in [5.41, 5.74) is 0.431. The van der Waals surface area contributed by atoms with Crippen LogP contribution in [0.25, 0.3) is 0 Å². The lowest BCUT2D eigenvalue weighted by Gasteiger charge is -2.22. The third-order valence-electron chi connectivity index (χ3n) is 2.58. The zero-order valence-corrected chi connectivity index (χ0v) is 12.6. The van der Waals surface area contributed by atoms with E-state index in [-0.39, 0.29) is 10.4 Å². The molecule has 0 aliphatic carbocycles. The normalized spacial score (nSPS) is 10.5. The first-order chi connectivity index (χ1) is 9.10. The van der Waals surface area contributed by atoms with Crippen LogP contribution in [0.3, 0.4) is 0 Å². The Labute approximate surface area is 120 Å². The zero-order chi connectivity index (χ0) is 14.3. The van der Waals surface area contributed by atoms with Crippen molar-refractivity contribution < 1.29 is 18.7 Å². The smallest absolute Gasteiger partial charge is 0.254 e. The zero-order valence-electron chi connectivity index (χ0n) is 11.0. The Kier molecular flexibility index (Phi) is 6.97. The van der Waals surface area contributed by atoms with Gasteiger partial charge in [0.25, 0.3) is 5.91 Å². The maximum absolute atomic E-state index is 13.2. The number of carbonyl (C=O) groups is 1. The molecule has 19 heavy (non-hydrogen) atoms. The minimum Gasteiger partial charge on any atom is -0.383 e. The molecule has 0 saturated heterocycles. The van der Waals surface area contributed by atoms with Crippen molar-refractivity contribution in [2.45, 2.75) is 0 Å². The van der Waals surface area contributed by atoms with Gasteiger partial charge in [0.15, 0.2) is 0 Å². The molecule has 1 rings (SSSR count). The first kappa shape index (κ1) is 16.1. The van der Waals surface area contributed by atoms with Gasteiger partial charge in [-0.1, -0.05) is 0 Å². The fraction of sp³-hybridized carbons (Fsp3) is 0.462. The van der Waals surface area contributed by atoms with Gasteiger partial charge >= 0.3 is 0 Å². The largest absolute Gasteiger partial charge is 0.383 e. The molecule has 106 valence electrons. The van der Waals surface area contributed by atoms with Crippen molar-refractivity contribution in [2.24, 2.45) is 0 Å². The standard InChI is InChI=1S/C13H17BrFNO3/c1-18-7-5-16(6-8-19-2)13(17)10-3-4-12(15)11(14)9-10/h3-4,9H,5-8H2,1-2H3. The molecule has 0 spiro atoms. The van der Waals surface area contributed by atoms with E-state index in [2.05, 4.69) is 15.9 Å². The van der Waals surface area contributed by atoms with Crippen molar-refractivity contribution in [3.63, 3.8) is 0 Å². The second-order valence-electron chi connectivity index (χ2n) is 3.91. The van der Waals surface area contributed by atoms with Crippen LogP contribution in [-0.4, -0.2) is 51.3 Å². The third-order valence-corrected chi connectivity index (χ3v) is 3.19. The molecule has 6 heteroatoms. The van der Waals surface area contributed by atoms with Crippen LogP contribution in [0.1, 0.15) is 10.4 Å². The van der Waals surface area contributed by atoms with Crippen LogP contribution in [0.5, 0.6) is 0 Å². The molecule has 1 amide bonds. The number of hydrogen-bond acceptors (Lipinski definition) is 3. The van der Waals surface area contributed by atoms with Gasteiger partial charge in [-0.15, -0.1) is 0 Å². The van der Waals surface area contributed by atoms with Crippen LogP contribution in [0.2, 0.25) is 0 Å². The van der Waals surface area contributed by atoms with Crippen LogP contribution >= 0.6 is 15.9 Å². The molecule has 0 aliphatic heterocycles. The van der Waals surface area contributed by atoms with E-state index in [0.29, 0.717) is 31.9 Å². The summed E-state index contributed by atoms with van der Waals surface area (Å²) in [6.07, 6.45) is 0. The highest BCUT2D eigenvalue weighted by atomic mass is 79.9. The Bertz CT molecular complexity index is 420. The lowest BCUT2D eigenvalue weighted by Crippen LogP contribution is -2.36. The predicted octanol–water partition coefficient (Wildman–Crippen LogP) is 2.32. The van der Waals surface area contributed by atoms with Gasteiger partial charge in [0.1, 0.15) is 5.82 Å². The van der Waals surface area contributed by atoms with Gasteiger partial charge in [-0.05, 0) is 34.1 Å². The Morgan fingerprint density at radius 1 is 1.26 bits per heavy atom. The number of nitrogens with zero attached hydrogens (tertiary/aromatic N) is 1. The molecule has 1 aromatic carbocycles. The average molecular weight is 334 g/mol. The number of ether oxygens (including phenoxy) is 2. The highest BCUT2D eigenvalue weighted by Gasteiger charge is 2.16. The summed E-state index contributed by atoms with van der Waals surface area (Å²) in [6, 6.07) is 4.21. The van der Waals surface area contributed by atoms with Gasteiger partial charge < -0.3 is 14.4 Å². The molecule has 1 aromatic rings. The molecule has 4 nitrogen and oxygen atoms in total. The molecular weight excluding hydrogens is 317 g/mol. The Hall–Kier alpha value is -0.980. The fourth-order valence-electron chi connectivity index (χ4n) is 1.53. The molecule has 0 fully saturated rings. The van der Waals surface area contributed by atoms with Crippen LogP contribution in [-0.2, 0) is 9.47 Å². The lowest BCUT2D eigenvalue weighted by molar-refractivity contribution is 0.0627. The van der Waals surface area contributed by atoms with Crippen molar-refractivity contribution in [3.05, 3.63) is 34.1 Å². The van der Waals surface area contributed by atoms with E-state index in [4.69, 9.17) is 9.47 Å². The summed E-state index contributed by atoms with van der Waals surface area (Å²) in [6.45, 7) is 1.82. The molecule has 0 atom stereocenters. The van der Waals surface area contributed by atoms with Gasteiger partial charge in [-0.25, -0.2) is 4.39 Å². The van der Waals surface area contributed by atoms with E-state index in [1.807, 2.05) is 0 Å². The predicted molar refractivity (Wildman–Crippen MR) is 73.8 cm³/mol. The second-order valence-corrected chi connectivity index (χ2v) is 4.76. The number of carbonyl (C=O) groups excluding carboxylic acids is 1. The van der Waals surface area contributed by atoms with Crippen LogP contribution < -0.4 is 0 Å². The number of benzene rings is 1. The van der Waals surface area contributed by atoms with Crippen molar-refractivity contribution in [1.82, 2.24) is 4.90 Å². The molecule has 0 unspecified atom stereocenters. The maximum atomic E-state index is 13.2. The molecule has 0 heterocycles. The first-order valence-electron chi connectivity index (χ1n) is 5.82. The minimum absolute atomic E-state index is 0.171. The van der Waals surface area contributed by atoms with Crippen molar-refractivity contribution in [3.8, 4) is 0 Å². The van der Waals surface area contributed by atoms with E-state index in [1.54, 1.807) is 19.1 Å². The summed E-state index contributed by atoms with van der Waals surface area (Å²) in [5.74, 6) is -0.563. The topological polar surface area (TPSA) is 38.8 Å². The van der Waals surface area contributed by atoms with Crippen molar-refractivity contribution >= 4 is 21.8 Å². The molecule has 0 N–H and O–H groups in total. The number of halogens is 2. The first-order valence-corrected chi connectivity index (χ1v) is 6.61. The van der Waals surface area contributed by atoms with Crippen LogP contribution in [0, 0.1) is 5.82 Å². The summed E-state index contributed by atoms with van der Waals surface area (Å²) >= 11 is 3.07. The summed E-state index contributed by atoms with van der Waals surface area (Å²) in [7, 11) is 3.15. The number of methoxy groups -OCH3 is 2. The Balaban J connectivity index is 2.81. The highest BCUT2D eigenvalue weighted by molar-refractivity contribution is 9.10. The number of amides is 1. The maximum Gasteiger partial charge on any atom is 0.254 e. The molecular formula is C13H17BrFNO3.